The number of hydrogen-bond donors (Lipinski definition) is 2. The maximum absolute atomic E-state index is 13.5. The zero-order valence-corrected chi connectivity index (χ0v) is 20.5. The molecule has 1 heterocycles. The Morgan fingerprint density at radius 2 is 1.82 bits per heavy atom. The van der Waals surface area contributed by atoms with E-state index in [0.29, 0.717) is 35.5 Å². The van der Waals surface area contributed by atoms with Crippen LogP contribution in [0.2, 0.25) is 0 Å². The number of benzene rings is 3. The number of rotatable bonds is 6. The van der Waals surface area contributed by atoms with Crippen LogP contribution >= 0.6 is 0 Å². The molecule has 5 nitrogen and oxygen atoms in total. The molecule has 0 aliphatic heterocycles. The van der Waals surface area contributed by atoms with Gasteiger partial charge in [0, 0.05) is 23.7 Å². The number of alkyl halides is 3. The molecule has 1 aliphatic carbocycles. The number of aliphatic hydroxyl groups is 1. The van der Waals surface area contributed by atoms with Gasteiger partial charge in [0.2, 0.25) is 0 Å². The number of fused-ring (bicyclic) bond motifs is 1. The summed E-state index contributed by atoms with van der Waals surface area (Å²) in [6.45, 7) is 1.68. The van der Waals surface area contributed by atoms with Crippen molar-refractivity contribution < 1.29 is 27.4 Å². The first kappa shape index (κ1) is 25.7. The molecular formula is C29H25F4N3O2. The molecule has 9 heteroatoms. The summed E-state index contributed by atoms with van der Waals surface area (Å²) in [5.41, 5.74) is 3.44. The first-order valence-corrected chi connectivity index (χ1v) is 12.2. The van der Waals surface area contributed by atoms with Gasteiger partial charge in [-0.1, -0.05) is 24.3 Å². The molecule has 2 N–H and O–H groups in total. The molecule has 2 atom stereocenters. The third-order valence-corrected chi connectivity index (χ3v) is 6.62. The van der Waals surface area contributed by atoms with Gasteiger partial charge in [-0.05, 0) is 72.9 Å². The summed E-state index contributed by atoms with van der Waals surface area (Å²) in [5.74, 6) is 0.0123. The summed E-state index contributed by atoms with van der Waals surface area (Å²) in [6, 6.07) is 16.3. The van der Waals surface area contributed by atoms with E-state index in [1.54, 1.807) is 13.0 Å². The quantitative estimate of drug-likeness (QED) is 0.266. The molecule has 4 aromatic rings. The number of aromatic nitrogens is 2. The van der Waals surface area contributed by atoms with Crippen LogP contribution in [0.25, 0.3) is 11.3 Å². The van der Waals surface area contributed by atoms with Gasteiger partial charge in [0.25, 0.3) is 0 Å². The molecule has 1 aromatic heterocycles. The van der Waals surface area contributed by atoms with E-state index in [9.17, 15) is 22.7 Å². The van der Waals surface area contributed by atoms with Crippen molar-refractivity contribution in [2.45, 2.75) is 44.6 Å². The van der Waals surface area contributed by atoms with Crippen LogP contribution in [0, 0.1) is 5.82 Å². The Balaban J connectivity index is 1.49. The molecule has 0 unspecified atom stereocenters. The first-order valence-electron chi connectivity index (χ1n) is 12.2. The van der Waals surface area contributed by atoms with E-state index < -0.39 is 29.8 Å². The lowest BCUT2D eigenvalue weighted by Gasteiger charge is -2.23. The lowest BCUT2D eigenvalue weighted by atomic mass is 9.88. The smallest absolute Gasteiger partial charge is 0.416 e. The second-order valence-corrected chi connectivity index (χ2v) is 9.27. The van der Waals surface area contributed by atoms with Gasteiger partial charge in [-0.2, -0.15) is 13.2 Å². The molecule has 1 aliphatic rings. The van der Waals surface area contributed by atoms with Gasteiger partial charge in [0.05, 0.1) is 17.4 Å². The van der Waals surface area contributed by atoms with Crippen molar-refractivity contribution in [1.29, 1.82) is 0 Å². The first-order chi connectivity index (χ1) is 18.2. The minimum Gasteiger partial charge on any atom is -0.485 e. The monoisotopic (exact) mass is 523 g/mol. The molecule has 38 heavy (non-hydrogen) atoms. The Morgan fingerprint density at radius 3 is 2.58 bits per heavy atom. The van der Waals surface area contributed by atoms with E-state index in [1.165, 1.54) is 36.7 Å². The Hall–Kier alpha value is -3.98. The molecule has 5 rings (SSSR count). The average Bonchev–Trinajstić information content (AvgIpc) is 2.89. The van der Waals surface area contributed by atoms with Crippen molar-refractivity contribution in [2.24, 2.45) is 0 Å². The average molecular weight is 524 g/mol. The minimum absolute atomic E-state index is 0.0125. The van der Waals surface area contributed by atoms with Gasteiger partial charge in [-0.3, -0.25) is 0 Å². The predicted octanol–water partition coefficient (Wildman–Crippen LogP) is 7.03. The van der Waals surface area contributed by atoms with Crippen molar-refractivity contribution in [3.8, 4) is 17.0 Å². The minimum atomic E-state index is -4.56. The predicted molar refractivity (Wildman–Crippen MR) is 136 cm³/mol. The molecule has 196 valence electrons. The van der Waals surface area contributed by atoms with Crippen LogP contribution in [-0.2, 0) is 19.0 Å². The summed E-state index contributed by atoms with van der Waals surface area (Å²) >= 11 is 0. The molecule has 0 saturated heterocycles. The van der Waals surface area contributed by atoms with Crippen molar-refractivity contribution in [1.82, 2.24) is 9.97 Å². The summed E-state index contributed by atoms with van der Waals surface area (Å²) in [6.07, 6.45) is -2.30. The highest BCUT2D eigenvalue weighted by atomic mass is 19.4. The molecular weight excluding hydrogens is 498 g/mol. The maximum atomic E-state index is 13.5. The van der Waals surface area contributed by atoms with Crippen LogP contribution in [0.1, 0.15) is 41.7 Å². The zero-order chi connectivity index (χ0) is 26.9. The van der Waals surface area contributed by atoms with E-state index in [0.717, 1.165) is 35.4 Å². The lowest BCUT2D eigenvalue weighted by Crippen LogP contribution is -2.19. The fourth-order valence-electron chi connectivity index (χ4n) is 4.60. The van der Waals surface area contributed by atoms with Crippen LogP contribution in [0.4, 0.5) is 29.1 Å². The number of aliphatic hydroxyl groups excluding tert-OH is 1. The molecule has 0 radical (unpaired) electrons. The van der Waals surface area contributed by atoms with Crippen molar-refractivity contribution in [3.63, 3.8) is 0 Å². The Morgan fingerprint density at radius 1 is 1.03 bits per heavy atom. The molecule has 0 bridgehead atoms. The maximum Gasteiger partial charge on any atom is 0.416 e. The van der Waals surface area contributed by atoms with Crippen molar-refractivity contribution in [3.05, 3.63) is 101 Å². The lowest BCUT2D eigenvalue weighted by molar-refractivity contribution is -0.137. The van der Waals surface area contributed by atoms with E-state index in [2.05, 4.69) is 15.3 Å². The van der Waals surface area contributed by atoms with Crippen LogP contribution in [0.3, 0.4) is 0 Å². The summed E-state index contributed by atoms with van der Waals surface area (Å²) in [7, 11) is 0. The van der Waals surface area contributed by atoms with Crippen LogP contribution < -0.4 is 10.1 Å². The largest absolute Gasteiger partial charge is 0.485 e. The summed E-state index contributed by atoms with van der Waals surface area (Å²) < 4.78 is 59.9. The second-order valence-electron chi connectivity index (χ2n) is 9.27. The number of aryl methyl sites for hydroxylation is 1. The highest BCUT2D eigenvalue weighted by molar-refractivity contribution is 5.72. The van der Waals surface area contributed by atoms with E-state index in [4.69, 9.17) is 4.74 Å². The molecule has 3 aromatic carbocycles. The van der Waals surface area contributed by atoms with E-state index >= 15 is 0 Å². The Kier molecular flexibility index (Phi) is 7.03. The fourth-order valence-corrected chi connectivity index (χ4v) is 4.60. The number of ether oxygens (including phenoxy) is 1. The second kappa shape index (κ2) is 10.4. The van der Waals surface area contributed by atoms with Crippen LogP contribution in [0.5, 0.6) is 5.75 Å². The van der Waals surface area contributed by atoms with Crippen LogP contribution in [0.15, 0.2) is 73.1 Å². The van der Waals surface area contributed by atoms with Gasteiger partial charge < -0.3 is 15.2 Å². The number of nitrogens with zero attached hydrogens (tertiary/aromatic N) is 2. The van der Waals surface area contributed by atoms with Crippen LogP contribution in [-0.4, -0.2) is 21.2 Å². The highest BCUT2D eigenvalue weighted by Gasteiger charge is 2.32. The molecule has 0 amide bonds. The summed E-state index contributed by atoms with van der Waals surface area (Å²) in [5, 5.41) is 13.4. The standard InChI is InChI=1S/C29H25F4N3O2/c1-17(18-5-9-21(30)10-6-18)38-27-13-20(29(31,32)33)8-12-23(27)26-15-28(35-16-34-26)36-25-4-2-3-19-7-11-22(37)14-24(19)25/h2-6,8-10,12-13,15-17,22,37H,7,11,14H2,1H3,(H,34,35,36)/t17-,22-/m1/s1. The zero-order valence-electron chi connectivity index (χ0n) is 20.5. The number of halogens is 4. The normalized spacial score (nSPS) is 16.0. The highest BCUT2D eigenvalue weighted by Crippen LogP contribution is 2.39. The molecule has 0 fully saturated rings. The Bertz CT molecular complexity index is 1440. The molecule has 0 spiro atoms. The number of anilines is 2. The number of nitrogens with one attached hydrogen (secondary N) is 1. The van der Waals surface area contributed by atoms with E-state index in [-0.39, 0.29) is 5.75 Å². The summed E-state index contributed by atoms with van der Waals surface area (Å²) in [4.78, 5) is 8.58. The third kappa shape index (κ3) is 5.62. The van der Waals surface area contributed by atoms with Gasteiger partial charge in [-0.25, -0.2) is 14.4 Å². The number of hydrogen-bond acceptors (Lipinski definition) is 5. The Labute approximate surface area is 217 Å². The molecule has 0 saturated carbocycles. The third-order valence-electron chi connectivity index (χ3n) is 6.62. The van der Waals surface area contributed by atoms with Gasteiger partial charge in [0.15, 0.2) is 0 Å². The van der Waals surface area contributed by atoms with Crippen molar-refractivity contribution >= 4 is 11.5 Å². The van der Waals surface area contributed by atoms with Gasteiger partial charge >= 0.3 is 6.18 Å². The fraction of sp³-hybridized carbons (Fsp3) is 0.241. The van der Waals surface area contributed by atoms with Gasteiger partial charge in [-0.15, -0.1) is 0 Å². The van der Waals surface area contributed by atoms with Gasteiger partial charge in [0.1, 0.15) is 29.8 Å². The van der Waals surface area contributed by atoms with E-state index in [1.807, 2.05) is 18.2 Å². The SMILES string of the molecule is C[C@@H](Oc1cc(C(F)(F)F)ccc1-c1cc(Nc2cccc3c2C[C@H](O)CC3)ncn1)c1ccc(F)cc1. The topological polar surface area (TPSA) is 67.3 Å². The van der Waals surface area contributed by atoms with Crippen molar-refractivity contribution in [2.75, 3.05) is 5.32 Å².